The summed E-state index contributed by atoms with van der Waals surface area (Å²) in [4.78, 5) is 2.55. The highest BCUT2D eigenvalue weighted by molar-refractivity contribution is 5.18. The summed E-state index contributed by atoms with van der Waals surface area (Å²) in [6.45, 7) is 7.96. The van der Waals surface area contributed by atoms with E-state index in [2.05, 4.69) is 54.4 Å². The normalized spacial score (nSPS) is 25.1. The molecule has 2 nitrogen and oxygen atoms in total. The molecule has 0 unspecified atom stereocenters. The Balaban J connectivity index is 2.04. The topological polar surface area (TPSA) is 15.3 Å². The van der Waals surface area contributed by atoms with Gasteiger partial charge in [0.25, 0.3) is 0 Å². The first kappa shape index (κ1) is 10.7. The van der Waals surface area contributed by atoms with Crippen LogP contribution in [0.4, 0.5) is 0 Å². The predicted octanol–water partition coefficient (Wildman–Crippen LogP) is 2.04. The van der Waals surface area contributed by atoms with Gasteiger partial charge in [-0.2, -0.15) is 0 Å². The molecule has 0 aliphatic carbocycles. The average Bonchev–Trinajstić information content (AvgIpc) is 2.29. The molecule has 1 fully saturated rings. The third-order valence-electron chi connectivity index (χ3n) is 3.23. The van der Waals surface area contributed by atoms with Gasteiger partial charge in [0, 0.05) is 31.7 Å². The third-order valence-corrected chi connectivity index (χ3v) is 3.23. The van der Waals surface area contributed by atoms with Crippen molar-refractivity contribution in [2.75, 3.05) is 19.6 Å². The lowest BCUT2D eigenvalue weighted by molar-refractivity contribution is 0.159. The highest BCUT2D eigenvalue weighted by Crippen LogP contribution is 2.20. The summed E-state index contributed by atoms with van der Waals surface area (Å²) in [5.41, 5.74) is 1.42. The molecule has 2 heteroatoms. The number of benzene rings is 1. The largest absolute Gasteiger partial charge is 0.312 e. The summed E-state index contributed by atoms with van der Waals surface area (Å²) in [6, 6.07) is 11.9. The van der Waals surface area contributed by atoms with E-state index in [0.29, 0.717) is 12.1 Å². The van der Waals surface area contributed by atoms with Crippen LogP contribution in [0.1, 0.15) is 25.5 Å². The van der Waals surface area contributed by atoms with Gasteiger partial charge in [0.15, 0.2) is 0 Å². The maximum absolute atomic E-state index is 3.48. The second-order valence-corrected chi connectivity index (χ2v) is 4.44. The molecule has 0 bridgehead atoms. The summed E-state index contributed by atoms with van der Waals surface area (Å²) < 4.78 is 0. The van der Waals surface area contributed by atoms with Crippen molar-refractivity contribution in [2.45, 2.75) is 25.9 Å². The Morgan fingerprint density at radius 2 is 2.07 bits per heavy atom. The Kier molecular flexibility index (Phi) is 3.39. The van der Waals surface area contributed by atoms with Crippen LogP contribution in [0.3, 0.4) is 0 Å². The quantitative estimate of drug-likeness (QED) is 0.793. The summed E-state index contributed by atoms with van der Waals surface area (Å²) >= 11 is 0. The van der Waals surface area contributed by atoms with Crippen molar-refractivity contribution in [3.05, 3.63) is 35.9 Å². The van der Waals surface area contributed by atoms with E-state index in [9.17, 15) is 0 Å². The molecule has 0 saturated carbocycles. The molecule has 1 aromatic rings. The van der Waals surface area contributed by atoms with Crippen LogP contribution in [-0.2, 0) is 0 Å². The minimum atomic E-state index is 0.538. The molecule has 2 atom stereocenters. The Labute approximate surface area is 92.3 Å². The fourth-order valence-corrected chi connectivity index (χ4v) is 2.26. The fraction of sp³-hybridized carbons (Fsp3) is 0.538. The van der Waals surface area contributed by atoms with Crippen molar-refractivity contribution in [3.63, 3.8) is 0 Å². The average molecular weight is 204 g/mol. The second kappa shape index (κ2) is 4.77. The third kappa shape index (κ3) is 2.58. The van der Waals surface area contributed by atoms with Gasteiger partial charge in [0.2, 0.25) is 0 Å². The van der Waals surface area contributed by atoms with E-state index < -0.39 is 0 Å². The van der Waals surface area contributed by atoms with Crippen molar-refractivity contribution >= 4 is 0 Å². The van der Waals surface area contributed by atoms with Gasteiger partial charge in [0.1, 0.15) is 0 Å². The zero-order valence-corrected chi connectivity index (χ0v) is 9.61. The number of rotatable bonds is 2. The minimum Gasteiger partial charge on any atom is -0.312 e. The van der Waals surface area contributed by atoms with Gasteiger partial charge in [-0.25, -0.2) is 0 Å². The van der Waals surface area contributed by atoms with E-state index >= 15 is 0 Å². The molecule has 0 radical (unpaired) electrons. The van der Waals surface area contributed by atoms with Crippen LogP contribution in [0.25, 0.3) is 0 Å². The van der Waals surface area contributed by atoms with Crippen LogP contribution in [0.2, 0.25) is 0 Å². The van der Waals surface area contributed by atoms with Crippen molar-refractivity contribution in [1.29, 1.82) is 0 Å². The van der Waals surface area contributed by atoms with Crippen molar-refractivity contribution in [1.82, 2.24) is 10.2 Å². The van der Waals surface area contributed by atoms with Crippen LogP contribution < -0.4 is 5.32 Å². The monoisotopic (exact) mass is 204 g/mol. The van der Waals surface area contributed by atoms with Gasteiger partial charge >= 0.3 is 0 Å². The summed E-state index contributed by atoms with van der Waals surface area (Å²) in [5.74, 6) is 0. The number of hydrogen-bond donors (Lipinski definition) is 1. The lowest BCUT2D eigenvalue weighted by atomic mass is 10.1. The summed E-state index contributed by atoms with van der Waals surface area (Å²) in [7, 11) is 0. The summed E-state index contributed by atoms with van der Waals surface area (Å²) in [6.07, 6.45) is 0. The van der Waals surface area contributed by atoms with Gasteiger partial charge in [-0.1, -0.05) is 30.3 Å². The maximum Gasteiger partial charge on any atom is 0.0321 e. The van der Waals surface area contributed by atoms with E-state index in [0.717, 1.165) is 19.6 Å². The van der Waals surface area contributed by atoms with Crippen molar-refractivity contribution in [3.8, 4) is 0 Å². The first-order chi connectivity index (χ1) is 7.27. The minimum absolute atomic E-state index is 0.538. The fourth-order valence-electron chi connectivity index (χ4n) is 2.26. The Morgan fingerprint density at radius 3 is 2.73 bits per heavy atom. The number of nitrogens with one attached hydrogen (secondary N) is 1. The lowest BCUT2D eigenvalue weighted by Crippen LogP contribution is -2.49. The molecule has 1 heterocycles. The smallest absolute Gasteiger partial charge is 0.0321 e. The van der Waals surface area contributed by atoms with Crippen LogP contribution in [0.5, 0.6) is 0 Å². The molecule has 1 aliphatic rings. The summed E-state index contributed by atoms with van der Waals surface area (Å²) in [5, 5.41) is 3.48. The SMILES string of the molecule is C[C@H](c1ccccc1)N1CCN[C@@H](C)C1. The van der Waals surface area contributed by atoms with Gasteiger partial charge in [-0.15, -0.1) is 0 Å². The Hall–Kier alpha value is -0.860. The predicted molar refractivity (Wildman–Crippen MR) is 63.9 cm³/mol. The standard InChI is InChI=1S/C13H20N2/c1-11-10-15(9-8-14-11)12(2)13-6-4-3-5-7-13/h3-7,11-12,14H,8-10H2,1-2H3/t11-,12+/m0/s1. The van der Waals surface area contributed by atoms with Crippen molar-refractivity contribution < 1.29 is 0 Å². The molecule has 2 rings (SSSR count). The zero-order valence-electron chi connectivity index (χ0n) is 9.61. The maximum atomic E-state index is 3.48. The molecule has 1 N–H and O–H groups in total. The van der Waals surface area contributed by atoms with Crippen LogP contribution in [0.15, 0.2) is 30.3 Å². The molecule has 1 saturated heterocycles. The molecule has 82 valence electrons. The Bertz CT molecular complexity index is 297. The van der Waals surface area contributed by atoms with Crippen LogP contribution in [-0.4, -0.2) is 30.6 Å². The highest BCUT2D eigenvalue weighted by atomic mass is 15.2. The number of nitrogens with zero attached hydrogens (tertiary/aromatic N) is 1. The van der Waals surface area contributed by atoms with E-state index in [-0.39, 0.29) is 0 Å². The molecule has 1 aliphatic heterocycles. The number of piperazine rings is 1. The molecule has 0 aromatic heterocycles. The van der Waals surface area contributed by atoms with E-state index in [1.165, 1.54) is 5.56 Å². The lowest BCUT2D eigenvalue weighted by Gasteiger charge is -2.36. The van der Waals surface area contributed by atoms with Gasteiger partial charge in [0.05, 0.1) is 0 Å². The van der Waals surface area contributed by atoms with Crippen LogP contribution in [0, 0.1) is 0 Å². The molecular weight excluding hydrogens is 184 g/mol. The van der Waals surface area contributed by atoms with Crippen molar-refractivity contribution in [2.24, 2.45) is 0 Å². The van der Waals surface area contributed by atoms with Gasteiger partial charge in [-0.3, -0.25) is 4.90 Å². The second-order valence-electron chi connectivity index (χ2n) is 4.44. The zero-order chi connectivity index (χ0) is 10.7. The molecule has 15 heavy (non-hydrogen) atoms. The molecular formula is C13H20N2. The first-order valence-corrected chi connectivity index (χ1v) is 5.80. The Morgan fingerprint density at radius 1 is 1.33 bits per heavy atom. The number of hydrogen-bond acceptors (Lipinski definition) is 2. The van der Waals surface area contributed by atoms with E-state index in [4.69, 9.17) is 0 Å². The molecule has 0 amide bonds. The highest BCUT2D eigenvalue weighted by Gasteiger charge is 2.20. The van der Waals surface area contributed by atoms with Gasteiger partial charge in [-0.05, 0) is 19.4 Å². The van der Waals surface area contributed by atoms with Gasteiger partial charge < -0.3 is 5.32 Å². The molecule has 0 spiro atoms. The van der Waals surface area contributed by atoms with E-state index in [1.807, 2.05) is 0 Å². The first-order valence-electron chi connectivity index (χ1n) is 5.80. The molecule has 1 aromatic carbocycles. The van der Waals surface area contributed by atoms with Crippen LogP contribution >= 0.6 is 0 Å². The van der Waals surface area contributed by atoms with E-state index in [1.54, 1.807) is 0 Å².